The summed E-state index contributed by atoms with van der Waals surface area (Å²) >= 11 is 0. The van der Waals surface area contributed by atoms with Crippen molar-refractivity contribution in [3.63, 3.8) is 0 Å². The van der Waals surface area contributed by atoms with E-state index in [1.54, 1.807) is 28.7 Å². The molecule has 32 heavy (non-hydrogen) atoms. The van der Waals surface area contributed by atoms with Gasteiger partial charge in [0.25, 0.3) is 0 Å². The summed E-state index contributed by atoms with van der Waals surface area (Å²) in [4.78, 5) is 17.3. The lowest BCUT2D eigenvalue weighted by atomic mass is 9.92. The normalized spacial score (nSPS) is 11.1. The molecule has 0 aliphatic rings. The van der Waals surface area contributed by atoms with E-state index >= 15 is 0 Å². The third kappa shape index (κ3) is 3.91. The summed E-state index contributed by atoms with van der Waals surface area (Å²) < 4.78 is 3.55. The molecule has 2 aromatic heterocycles. The number of fused-ring (bicyclic) bond motifs is 1. The number of aryl methyl sites for hydroxylation is 1. The quantitative estimate of drug-likeness (QED) is 0.329. The average molecular weight is 428 g/mol. The van der Waals surface area contributed by atoms with E-state index in [2.05, 4.69) is 21.5 Å². The molecule has 0 fully saturated rings. The number of carbonyl (C=O) groups excluding carboxylic acids is 1. The highest BCUT2D eigenvalue weighted by Gasteiger charge is 2.19. The van der Waals surface area contributed by atoms with E-state index in [0.717, 1.165) is 27.7 Å². The summed E-state index contributed by atoms with van der Waals surface area (Å²) in [5, 5.41) is 27.3. The Morgan fingerprint density at radius 1 is 1.16 bits per heavy atom. The first-order chi connectivity index (χ1) is 15.5. The van der Waals surface area contributed by atoms with Crippen LogP contribution in [0.15, 0.2) is 48.8 Å². The highest BCUT2D eigenvalue weighted by molar-refractivity contribution is 5.98. The standard InChI is InChI=1S/C24H24N6O2/c1-29-17(13-26-9-10-31)14-27-24(29)23(32)11-16-5-3-6-18(20(16)12-25)19-7-4-8-22-21(19)15-28-30(22)2/h3-8,14-15,26,31H,9-11,13H2,1-2H3. The Labute approximate surface area is 185 Å². The Balaban J connectivity index is 1.66. The van der Waals surface area contributed by atoms with E-state index in [4.69, 9.17) is 5.11 Å². The first-order valence-corrected chi connectivity index (χ1v) is 10.3. The molecule has 0 atom stereocenters. The second kappa shape index (κ2) is 9.14. The number of rotatable bonds is 8. The number of nitrogens with zero attached hydrogens (tertiary/aromatic N) is 5. The molecule has 4 aromatic rings. The second-order valence-electron chi connectivity index (χ2n) is 7.59. The SMILES string of the molecule is Cn1c(CNCCO)cnc1C(=O)Cc1cccc(-c2cccc3c2cnn3C)c1C#N. The lowest BCUT2D eigenvalue weighted by molar-refractivity contribution is 0.0979. The van der Waals surface area contributed by atoms with Gasteiger partial charge in [-0.05, 0) is 17.2 Å². The summed E-state index contributed by atoms with van der Waals surface area (Å²) in [6, 6.07) is 13.8. The minimum Gasteiger partial charge on any atom is -0.395 e. The van der Waals surface area contributed by atoms with Crippen LogP contribution in [-0.2, 0) is 27.1 Å². The number of aromatic nitrogens is 4. The predicted octanol–water partition coefficient (Wildman–Crippen LogP) is 2.35. The number of ketones is 1. The lowest BCUT2D eigenvalue weighted by Crippen LogP contribution is -2.20. The van der Waals surface area contributed by atoms with Crippen molar-refractivity contribution in [3.05, 3.63) is 71.4 Å². The first kappa shape index (κ1) is 21.4. The topological polar surface area (TPSA) is 109 Å². The average Bonchev–Trinajstić information content (AvgIpc) is 3.36. The maximum absolute atomic E-state index is 13.0. The van der Waals surface area contributed by atoms with Gasteiger partial charge in [0.2, 0.25) is 5.78 Å². The largest absolute Gasteiger partial charge is 0.395 e. The minimum absolute atomic E-state index is 0.0453. The van der Waals surface area contributed by atoms with Gasteiger partial charge in [-0.15, -0.1) is 0 Å². The molecule has 8 nitrogen and oxygen atoms in total. The fraction of sp³-hybridized carbons (Fsp3) is 0.250. The van der Waals surface area contributed by atoms with E-state index in [1.165, 1.54) is 0 Å². The van der Waals surface area contributed by atoms with Crippen LogP contribution in [0, 0.1) is 11.3 Å². The molecule has 0 amide bonds. The third-order valence-electron chi connectivity index (χ3n) is 5.62. The molecule has 0 spiro atoms. The Morgan fingerprint density at radius 2 is 1.94 bits per heavy atom. The molecule has 0 aliphatic heterocycles. The van der Waals surface area contributed by atoms with E-state index < -0.39 is 0 Å². The van der Waals surface area contributed by atoms with E-state index in [1.807, 2.05) is 43.4 Å². The Kier molecular flexibility index (Phi) is 6.12. The van der Waals surface area contributed by atoms with Crippen molar-refractivity contribution in [2.24, 2.45) is 14.1 Å². The number of hydrogen-bond donors (Lipinski definition) is 2. The van der Waals surface area contributed by atoms with Gasteiger partial charge in [-0.1, -0.05) is 30.3 Å². The van der Waals surface area contributed by atoms with Crippen LogP contribution >= 0.6 is 0 Å². The Hall–Kier alpha value is -3.80. The van der Waals surface area contributed by atoms with Crippen LogP contribution < -0.4 is 5.32 Å². The van der Waals surface area contributed by atoms with Gasteiger partial charge >= 0.3 is 0 Å². The van der Waals surface area contributed by atoms with Gasteiger partial charge in [0.1, 0.15) is 6.07 Å². The number of aliphatic hydroxyl groups excluding tert-OH is 1. The smallest absolute Gasteiger partial charge is 0.202 e. The van der Waals surface area contributed by atoms with Gasteiger partial charge in [-0.2, -0.15) is 10.4 Å². The molecule has 2 aromatic carbocycles. The highest BCUT2D eigenvalue weighted by atomic mass is 16.3. The van der Waals surface area contributed by atoms with Crippen LogP contribution in [0.2, 0.25) is 0 Å². The molecule has 0 radical (unpaired) electrons. The predicted molar refractivity (Wildman–Crippen MR) is 121 cm³/mol. The number of benzene rings is 2. The van der Waals surface area contributed by atoms with Gasteiger partial charge in [0.15, 0.2) is 5.82 Å². The van der Waals surface area contributed by atoms with E-state index in [9.17, 15) is 10.1 Å². The zero-order valence-corrected chi connectivity index (χ0v) is 18.0. The molecule has 0 unspecified atom stereocenters. The van der Waals surface area contributed by atoms with Gasteiger partial charge in [0.05, 0.1) is 35.8 Å². The zero-order chi connectivity index (χ0) is 22.7. The van der Waals surface area contributed by atoms with Crippen LogP contribution in [0.4, 0.5) is 0 Å². The number of aliphatic hydroxyl groups is 1. The van der Waals surface area contributed by atoms with Crippen molar-refractivity contribution in [2.75, 3.05) is 13.2 Å². The minimum atomic E-state index is -0.158. The molecule has 0 saturated carbocycles. The third-order valence-corrected chi connectivity index (χ3v) is 5.62. The van der Waals surface area contributed by atoms with Crippen LogP contribution in [-0.4, -0.2) is 43.4 Å². The fourth-order valence-electron chi connectivity index (χ4n) is 3.93. The molecule has 162 valence electrons. The van der Waals surface area contributed by atoms with Crippen molar-refractivity contribution in [1.29, 1.82) is 5.26 Å². The molecular formula is C24H24N6O2. The zero-order valence-electron chi connectivity index (χ0n) is 18.0. The van der Waals surface area contributed by atoms with E-state index in [0.29, 0.717) is 30.0 Å². The van der Waals surface area contributed by atoms with Crippen molar-refractivity contribution in [1.82, 2.24) is 24.6 Å². The van der Waals surface area contributed by atoms with E-state index in [-0.39, 0.29) is 18.8 Å². The summed E-state index contributed by atoms with van der Waals surface area (Å²) in [7, 11) is 3.67. The molecule has 0 bridgehead atoms. The van der Waals surface area contributed by atoms with Crippen LogP contribution in [0.1, 0.15) is 27.4 Å². The lowest BCUT2D eigenvalue weighted by Gasteiger charge is -2.11. The first-order valence-electron chi connectivity index (χ1n) is 10.3. The number of nitriles is 1. The fourth-order valence-corrected chi connectivity index (χ4v) is 3.93. The van der Waals surface area contributed by atoms with Crippen molar-refractivity contribution in [2.45, 2.75) is 13.0 Å². The Morgan fingerprint density at radius 3 is 2.72 bits per heavy atom. The molecule has 2 heterocycles. The highest BCUT2D eigenvalue weighted by Crippen LogP contribution is 2.32. The van der Waals surface area contributed by atoms with Crippen molar-refractivity contribution in [3.8, 4) is 17.2 Å². The van der Waals surface area contributed by atoms with Crippen LogP contribution in [0.25, 0.3) is 22.0 Å². The van der Waals surface area contributed by atoms with Gasteiger partial charge in [-0.25, -0.2) is 4.98 Å². The van der Waals surface area contributed by atoms with Gasteiger partial charge in [0, 0.05) is 44.6 Å². The molecule has 0 saturated heterocycles. The van der Waals surface area contributed by atoms with Crippen molar-refractivity contribution >= 4 is 16.7 Å². The summed E-state index contributed by atoms with van der Waals surface area (Å²) in [6.07, 6.45) is 3.53. The summed E-state index contributed by atoms with van der Waals surface area (Å²) in [6.45, 7) is 1.02. The Bertz CT molecular complexity index is 1330. The maximum Gasteiger partial charge on any atom is 0.202 e. The molecule has 8 heteroatoms. The van der Waals surface area contributed by atoms with Crippen molar-refractivity contribution < 1.29 is 9.90 Å². The summed E-state index contributed by atoms with van der Waals surface area (Å²) in [5.41, 5.74) is 4.67. The van der Waals surface area contributed by atoms with Gasteiger partial charge in [-0.3, -0.25) is 9.48 Å². The molecule has 4 rings (SSSR count). The number of Topliss-reactive ketones (excluding diaryl/α,β-unsaturated/α-hetero) is 1. The number of nitrogens with one attached hydrogen (secondary N) is 1. The number of hydrogen-bond acceptors (Lipinski definition) is 6. The maximum atomic E-state index is 13.0. The molecule has 0 aliphatic carbocycles. The number of carbonyl (C=O) groups is 1. The number of imidazole rings is 1. The summed E-state index contributed by atoms with van der Waals surface area (Å²) in [5.74, 6) is 0.184. The monoisotopic (exact) mass is 428 g/mol. The van der Waals surface area contributed by atoms with Crippen LogP contribution in [0.5, 0.6) is 0 Å². The molecule has 2 N–H and O–H groups in total. The second-order valence-corrected chi connectivity index (χ2v) is 7.59. The van der Waals surface area contributed by atoms with Crippen LogP contribution in [0.3, 0.4) is 0 Å². The van der Waals surface area contributed by atoms with Gasteiger partial charge < -0.3 is 15.0 Å². The molecular weight excluding hydrogens is 404 g/mol.